The normalized spacial score (nSPS) is 10.9. The lowest BCUT2D eigenvalue weighted by Crippen LogP contribution is -2.10. The van der Waals surface area contributed by atoms with Crippen molar-refractivity contribution in [2.45, 2.75) is 33.3 Å². The molecule has 19 heavy (non-hydrogen) atoms. The van der Waals surface area contributed by atoms with Gasteiger partial charge in [-0.3, -0.25) is 9.59 Å². The van der Waals surface area contributed by atoms with Crippen molar-refractivity contribution in [2.24, 2.45) is 0 Å². The Kier molecular flexibility index (Phi) is 3.69. The molecule has 1 aromatic carbocycles. The molecule has 0 saturated heterocycles. The lowest BCUT2D eigenvalue weighted by molar-refractivity contribution is 0.0987. The summed E-state index contributed by atoms with van der Waals surface area (Å²) in [7, 11) is 0. The molecule has 0 atom stereocenters. The number of ketones is 1. The number of pyridine rings is 1. The van der Waals surface area contributed by atoms with E-state index < -0.39 is 0 Å². The predicted octanol–water partition coefficient (Wildman–Crippen LogP) is 2.91. The van der Waals surface area contributed by atoms with Crippen molar-refractivity contribution < 1.29 is 9.53 Å². The topological polar surface area (TPSA) is 59.2 Å². The van der Waals surface area contributed by atoms with Gasteiger partial charge in [0.05, 0.1) is 11.6 Å². The van der Waals surface area contributed by atoms with E-state index in [4.69, 9.17) is 4.74 Å². The first kappa shape index (κ1) is 13.3. The number of nitrogens with one attached hydrogen (secondary N) is 1. The number of hydrogen-bond acceptors (Lipinski definition) is 3. The van der Waals surface area contributed by atoms with Gasteiger partial charge in [-0.25, -0.2) is 0 Å². The monoisotopic (exact) mass is 259 g/mol. The zero-order valence-corrected chi connectivity index (χ0v) is 11.3. The lowest BCUT2D eigenvalue weighted by atomic mass is 10.0. The Morgan fingerprint density at radius 1 is 1.32 bits per heavy atom. The van der Waals surface area contributed by atoms with Crippen molar-refractivity contribution in [3.63, 3.8) is 0 Å². The molecule has 1 N–H and O–H groups in total. The number of rotatable bonds is 4. The second-order valence-electron chi connectivity index (χ2n) is 4.70. The standard InChI is InChI=1S/C15H17NO3/c1-4-12(17)11-7-10-5-6-14(18)16-15(10)13(8-11)19-9(2)3/h5-9H,4H2,1-3H3,(H,16,18). The summed E-state index contributed by atoms with van der Waals surface area (Å²) in [5, 5.41) is 0.801. The first-order valence-corrected chi connectivity index (χ1v) is 6.38. The van der Waals surface area contributed by atoms with Crippen LogP contribution in [0.1, 0.15) is 37.6 Å². The van der Waals surface area contributed by atoms with E-state index in [1.165, 1.54) is 6.07 Å². The molecular formula is C15H17NO3. The fourth-order valence-electron chi connectivity index (χ4n) is 1.94. The third-order valence-electron chi connectivity index (χ3n) is 2.80. The Morgan fingerprint density at radius 2 is 2.05 bits per heavy atom. The van der Waals surface area contributed by atoms with Crippen LogP contribution in [-0.4, -0.2) is 16.9 Å². The number of hydrogen-bond donors (Lipinski definition) is 1. The molecule has 1 aromatic heterocycles. The Balaban J connectivity index is 2.68. The van der Waals surface area contributed by atoms with Crippen molar-refractivity contribution in [2.75, 3.05) is 0 Å². The van der Waals surface area contributed by atoms with Crippen LogP contribution in [0.5, 0.6) is 5.75 Å². The van der Waals surface area contributed by atoms with Crippen molar-refractivity contribution in [3.05, 3.63) is 40.2 Å². The van der Waals surface area contributed by atoms with Crippen LogP contribution in [0.2, 0.25) is 0 Å². The smallest absolute Gasteiger partial charge is 0.248 e. The molecule has 4 heteroatoms. The molecule has 0 aliphatic heterocycles. The first-order valence-electron chi connectivity index (χ1n) is 6.38. The van der Waals surface area contributed by atoms with E-state index in [-0.39, 0.29) is 17.4 Å². The SMILES string of the molecule is CCC(=O)c1cc(OC(C)C)c2[nH]c(=O)ccc2c1. The molecule has 0 aliphatic carbocycles. The van der Waals surface area contributed by atoms with E-state index in [9.17, 15) is 9.59 Å². The molecule has 0 fully saturated rings. The van der Waals surface area contributed by atoms with E-state index >= 15 is 0 Å². The third-order valence-corrected chi connectivity index (χ3v) is 2.80. The van der Waals surface area contributed by atoms with Crippen LogP contribution in [-0.2, 0) is 0 Å². The van der Waals surface area contributed by atoms with Gasteiger partial charge in [-0.05, 0) is 32.0 Å². The number of carbonyl (C=O) groups excluding carboxylic acids is 1. The van der Waals surface area contributed by atoms with Crippen LogP contribution in [0.3, 0.4) is 0 Å². The highest BCUT2D eigenvalue weighted by Crippen LogP contribution is 2.26. The van der Waals surface area contributed by atoms with Crippen molar-refractivity contribution in [1.82, 2.24) is 4.98 Å². The number of aromatic amines is 1. The molecule has 0 saturated carbocycles. The van der Waals surface area contributed by atoms with E-state index in [1.54, 1.807) is 18.2 Å². The van der Waals surface area contributed by atoms with Crippen LogP contribution < -0.4 is 10.3 Å². The first-order chi connectivity index (χ1) is 9.01. The Bertz CT molecular complexity index is 671. The molecule has 0 spiro atoms. The molecule has 2 rings (SSSR count). The highest BCUT2D eigenvalue weighted by Gasteiger charge is 2.11. The van der Waals surface area contributed by atoms with Crippen LogP contribution in [0.25, 0.3) is 10.9 Å². The zero-order valence-electron chi connectivity index (χ0n) is 11.3. The quantitative estimate of drug-likeness (QED) is 0.859. The Labute approximate surface area is 111 Å². The fraction of sp³-hybridized carbons (Fsp3) is 0.333. The summed E-state index contributed by atoms with van der Waals surface area (Å²) in [6.07, 6.45) is 0.412. The van der Waals surface area contributed by atoms with Crippen molar-refractivity contribution in [1.29, 1.82) is 0 Å². The predicted molar refractivity (Wildman–Crippen MR) is 75.0 cm³/mol. The van der Waals surface area contributed by atoms with Gasteiger partial charge in [0, 0.05) is 23.4 Å². The second-order valence-corrected chi connectivity index (χ2v) is 4.70. The number of carbonyl (C=O) groups is 1. The summed E-state index contributed by atoms with van der Waals surface area (Å²) in [4.78, 5) is 26.0. The minimum Gasteiger partial charge on any atom is -0.489 e. The zero-order chi connectivity index (χ0) is 14.0. The van der Waals surface area contributed by atoms with Gasteiger partial charge in [-0.2, -0.15) is 0 Å². The van der Waals surface area contributed by atoms with Gasteiger partial charge in [0.2, 0.25) is 5.56 Å². The van der Waals surface area contributed by atoms with Gasteiger partial charge < -0.3 is 9.72 Å². The summed E-state index contributed by atoms with van der Waals surface area (Å²) in [6, 6.07) is 6.63. The number of benzene rings is 1. The third kappa shape index (κ3) is 2.84. The molecule has 4 nitrogen and oxygen atoms in total. The second kappa shape index (κ2) is 5.26. The molecule has 0 amide bonds. The summed E-state index contributed by atoms with van der Waals surface area (Å²) < 4.78 is 5.70. The molecule has 0 unspecified atom stereocenters. The van der Waals surface area contributed by atoms with E-state index in [0.717, 1.165) is 5.39 Å². The maximum Gasteiger partial charge on any atom is 0.248 e. The average Bonchev–Trinajstić information content (AvgIpc) is 2.37. The van der Waals surface area contributed by atoms with Gasteiger partial charge >= 0.3 is 0 Å². The number of fused-ring (bicyclic) bond motifs is 1. The number of aromatic nitrogens is 1. The van der Waals surface area contributed by atoms with Crippen LogP contribution in [0.4, 0.5) is 0 Å². The average molecular weight is 259 g/mol. The fourth-order valence-corrected chi connectivity index (χ4v) is 1.94. The van der Waals surface area contributed by atoms with E-state index in [0.29, 0.717) is 23.3 Å². The van der Waals surface area contributed by atoms with E-state index in [1.807, 2.05) is 20.8 Å². The number of ether oxygens (including phenoxy) is 1. The maximum absolute atomic E-state index is 11.8. The van der Waals surface area contributed by atoms with Crippen LogP contribution in [0, 0.1) is 0 Å². The van der Waals surface area contributed by atoms with Crippen LogP contribution >= 0.6 is 0 Å². The number of Topliss-reactive ketones (excluding diaryl/α,β-unsaturated/α-hetero) is 1. The highest BCUT2D eigenvalue weighted by molar-refractivity contribution is 6.00. The summed E-state index contributed by atoms with van der Waals surface area (Å²) in [5.41, 5.74) is 1.06. The van der Waals surface area contributed by atoms with E-state index in [2.05, 4.69) is 4.98 Å². The molecule has 100 valence electrons. The summed E-state index contributed by atoms with van der Waals surface area (Å²) >= 11 is 0. The van der Waals surface area contributed by atoms with Gasteiger partial charge in [-0.15, -0.1) is 0 Å². The molecule has 0 bridgehead atoms. The molecular weight excluding hydrogens is 242 g/mol. The van der Waals surface area contributed by atoms with Gasteiger partial charge in [0.15, 0.2) is 5.78 Å². The molecule has 2 aromatic rings. The van der Waals surface area contributed by atoms with Gasteiger partial charge in [0.25, 0.3) is 0 Å². The largest absolute Gasteiger partial charge is 0.489 e. The minimum atomic E-state index is -0.185. The molecule has 0 radical (unpaired) electrons. The molecule has 0 aliphatic rings. The summed E-state index contributed by atoms with van der Waals surface area (Å²) in [5.74, 6) is 0.601. The van der Waals surface area contributed by atoms with Gasteiger partial charge in [-0.1, -0.05) is 6.92 Å². The van der Waals surface area contributed by atoms with Crippen molar-refractivity contribution in [3.8, 4) is 5.75 Å². The number of H-pyrrole nitrogens is 1. The van der Waals surface area contributed by atoms with Crippen molar-refractivity contribution >= 4 is 16.7 Å². The highest BCUT2D eigenvalue weighted by atomic mass is 16.5. The Morgan fingerprint density at radius 3 is 2.68 bits per heavy atom. The molecule has 1 heterocycles. The Hall–Kier alpha value is -2.10. The minimum absolute atomic E-state index is 0.0288. The summed E-state index contributed by atoms with van der Waals surface area (Å²) in [6.45, 7) is 5.63. The lowest BCUT2D eigenvalue weighted by Gasteiger charge is -2.13. The van der Waals surface area contributed by atoms with Crippen LogP contribution in [0.15, 0.2) is 29.1 Å². The maximum atomic E-state index is 11.8. The van der Waals surface area contributed by atoms with Gasteiger partial charge in [0.1, 0.15) is 5.75 Å².